The van der Waals surface area contributed by atoms with Crippen LogP contribution in [0.2, 0.25) is 0 Å². The zero-order valence-corrected chi connectivity index (χ0v) is 13.1. The van der Waals surface area contributed by atoms with Crippen molar-refractivity contribution in [3.05, 3.63) is 35.9 Å². The van der Waals surface area contributed by atoms with Crippen molar-refractivity contribution in [1.29, 1.82) is 0 Å². The Morgan fingerprint density at radius 2 is 1.90 bits per heavy atom. The van der Waals surface area contributed by atoms with E-state index in [2.05, 4.69) is 0 Å². The number of carbonyl (C=O) groups is 1. The van der Waals surface area contributed by atoms with E-state index >= 15 is 0 Å². The topological polar surface area (TPSA) is 86.5 Å². The highest BCUT2D eigenvalue weighted by molar-refractivity contribution is 7.92. The Morgan fingerprint density at radius 1 is 1.29 bits per heavy atom. The molecule has 21 heavy (non-hydrogen) atoms. The Hall–Kier alpha value is -1.40. The molecular formula is C15H21NO4S. The molecule has 0 amide bonds. The number of hydrogen-bond donors (Lipinski definition) is 1. The molecule has 0 unspecified atom stereocenters. The molecule has 1 aliphatic carbocycles. The summed E-state index contributed by atoms with van der Waals surface area (Å²) in [4.78, 5) is 12.3. The molecule has 0 aromatic heterocycles. The Labute approximate surface area is 125 Å². The summed E-state index contributed by atoms with van der Waals surface area (Å²) in [7, 11) is -3.39. The maximum absolute atomic E-state index is 12.4. The molecule has 2 N–H and O–H groups in total. The van der Waals surface area contributed by atoms with Gasteiger partial charge in [-0.15, -0.1) is 0 Å². The van der Waals surface area contributed by atoms with Crippen LogP contribution in [0.25, 0.3) is 0 Å². The minimum atomic E-state index is -3.39. The van der Waals surface area contributed by atoms with Gasteiger partial charge < -0.3 is 10.5 Å². The average Bonchev–Trinajstić information content (AvgIpc) is 3.20. The van der Waals surface area contributed by atoms with Crippen molar-refractivity contribution in [3.63, 3.8) is 0 Å². The van der Waals surface area contributed by atoms with Crippen LogP contribution in [0, 0.1) is 5.41 Å². The number of benzene rings is 1. The first-order valence-electron chi connectivity index (χ1n) is 7.09. The van der Waals surface area contributed by atoms with Gasteiger partial charge in [0.1, 0.15) is 5.41 Å². The highest BCUT2D eigenvalue weighted by Gasteiger charge is 2.74. The van der Waals surface area contributed by atoms with E-state index in [0.29, 0.717) is 0 Å². The third-order valence-corrected chi connectivity index (χ3v) is 6.47. The molecule has 0 heterocycles. The number of sulfone groups is 1. The van der Waals surface area contributed by atoms with Crippen LogP contribution in [0.15, 0.2) is 30.3 Å². The van der Waals surface area contributed by atoms with E-state index in [0.717, 1.165) is 5.56 Å². The fraction of sp³-hybridized carbons (Fsp3) is 0.533. The summed E-state index contributed by atoms with van der Waals surface area (Å²) in [6, 6.07) is 9.17. The first kappa shape index (κ1) is 16.0. The van der Waals surface area contributed by atoms with Crippen LogP contribution in [0.1, 0.15) is 25.3 Å². The lowest BCUT2D eigenvalue weighted by Crippen LogP contribution is -2.34. The molecule has 116 valence electrons. The standard InChI is InChI=1S/C15H21NO4S/c1-3-20-14(17)15(10-16)12(11-8-6-5-7-9-11)13(15)21(18,19)4-2/h5-9,12-13H,3-4,10,16H2,1-2H3/t12-,13-,15-/m0/s1. The van der Waals surface area contributed by atoms with Crippen LogP contribution < -0.4 is 5.73 Å². The second-order valence-electron chi connectivity index (χ2n) is 5.23. The lowest BCUT2D eigenvalue weighted by atomic mass is 9.99. The maximum atomic E-state index is 12.4. The normalized spacial score (nSPS) is 28.1. The summed E-state index contributed by atoms with van der Waals surface area (Å²) >= 11 is 0. The largest absolute Gasteiger partial charge is 0.465 e. The lowest BCUT2D eigenvalue weighted by molar-refractivity contribution is -0.149. The molecule has 0 aliphatic heterocycles. The van der Waals surface area contributed by atoms with E-state index in [9.17, 15) is 13.2 Å². The minimum absolute atomic E-state index is 0.0118. The Kier molecular flexibility index (Phi) is 4.39. The van der Waals surface area contributed by atoms with Crippen LogP contribution in [0.4, 0.5) is 0 Å². The predicted octanol–water partition coefficient (Wildman–Crippen LogP) is 1.10. The lowest BCUT2D eigenvalue weighted by Gasteiger charge is -2.14. The second kappa shape index (κ2) is 5.77. The van der Waals surface area contributed by atoms with Gasteiger partial charge in [0.05, 0.1) is 11.9 Å². The predicted molar refractivity (Wildman–Crippen MR) is 80.6 cm³/mol. The summed E-state index contributed by atoms with van der Waals surface area (Å²) in [5.74, 6) is -0.946. The highest BCUT2D eigenvalue weighted by atomic mass is 32.2. The fourth-order valence-corrected chi connectivity index (χ4v) is 5.15. The Bertz CT molecular complexity index is 614. The van der Waals surface area contributed by atoms with Crippen LogP contribution >= 0.6 is 0 Å². The first-order valence-corrected chi connectivity index (χ1v) is 8.81. The molecule has 1 saturated carbocycles. The van der Waals surface area contributed by atoms with Crippen LogP contribution in [0.5, 0.6) is 0 Å². The van der Waals surface area contributed by atoms with Crippen LogP contribution in [0.3, 0.4) is 0 Å². The third-order valence-electron chi connectivity index (χ3n) is 4.20. The molecule has 1 aromatic rings. The van der Waals surface area contributed by atoms with Gasteiger partial charge in [-0.2, -0.15) is 0 Å². The van der Waals surface area contributed by atoms with Crippen molar-refractivity contribution in [3.8, 4) is 0 Å². The number of carbonyl (C=O) groups excluding carboxylic acids is 1. The maximum Gasteiger partial charge on any atom is 0.315 e. The molecule has 1 aliphatic rings. The van der Waals surface area contributed by atoms with Crippen molar-refractivity contribution in [2.75, 3.05) is 18.9 Å². The van der Waals surface area contributed by atoms with Gasteiger partial charge in [-0.1, -0.05) is 37.3 Å². The van der Waals surface area contributed by atoms with E-state index in [1.54, 1.807) is 13.8 Å². The van der Waals surface area contributed by atoms with Crippen molar-refractivity contribution in [2.45, 2.75) is 25.0 Å². The zero-order chi connectivity index (χ0) is 15.7. The number of nitrogens with two attached hydrogens (primary N) is 1. The van der Waals surface area contributed by atoms with Crippen molar-refractivity contribution < 1.29 is 17.9 Å². The number of rotatable bonds is 6. The van der Waals surface area contributed by atoms with Gasteiger partial charge in [0, 0.05) is 18.2 Å². The fourth-order valence-electron chi connectivity index (χ4n) is 3.08. The summed E-state index contributed by atoms with van der Waals surface area (Å²) in [5, 5.41) is -0.790. The third kappa shape index (κ3) is 2.46. The molecule has 3 atom stereocenters. The van der Waals surface area contributed by atoms with Crippen molar-refractivity contribution >= 4 is 15.8 Å². The summed E-state index contributed by atoms with van der Waals surface area (Å²) in [5.41, 5.74) is 5.48. The molecule has 2 rings (SSSR count). The molecule has 0 bridgehead atoms. The molecular weight excluding hydrogens is 290 g/mol. The molecule has 6 heteroatoms. The zero-order valence-electron chi connectivity index (χ0n) is 12.3. The quantitative estimate of drug-likeness (QED) is 0.795. The molecule has 0 spiro atoms. The van der Waals surface area contributed by atoms with Gasteiger partial charge in [0.25, 0.3) is 0 Å². The van der Waals surface area contributed by atoms with E-state index in [1.807, 2.05) is 30.3 Å². The summed E-state index contributed by atoms with van der Waals surface area (Å²) in [6.45, 7) is 3.46. The van der Waals surface area contributed by atoms with Gasteiger partial charge >= 0.3 is 5.97 Å². The van der Waals surface area contributed by atoms with Crippen molar-refractivity contribution in [1.82, 2.24) is 0 Å². The molecule has 0 saturated heterocycles. The Morgan fingerprint density at radius 3 is 2.38 bits per heavy atom. The summed E-state index contributed by atoms with van der Waals surface area (Å²) in [6.07, 6.45) is 0. The second-order valence-corrected chi connectivity index (χ2v) is 7.64. The average molecular weight is 311 g/mol. The van der Waals surface area contributed by atoms with E-state index in [1.165, 1.54) is 0 Å². The van der Waals surface area contributed by atoms with Gasteiger partial charge in [0.15, 0.2) is 9.84 Å². The molecule has 5 nitrogen and oxygen atoms in total. The van der Waals surface area contributed by atoms with Crippen LogP contribution in [-0.4, -0.2) is 38.5 Å². The highest BCUT2D eigenvalue weighted by Crippen LogP contribution is 2.63. The van der Waals surface area contributed by atoms with Gasteiger partial charge in [0.2, 0.25) is 0 Å². The van der Waals surface area contributed by atoms with Gasteiger partial charge in [-0.25, -0.2) is 8.42 Å². The number of esters is 1. The number of ether oxygens (including phenoxy) is 1. The first-order chi connectivity index (χ1) is 9.95. The molecule has 0 radical (unpaired) electrons. The van der Waals surface area contributed by atoms with E-state index in [4.69, 9.17) is 10.5 Å². The van der Waals surface area contributed by atoms with Crippen LogP contribution in [-0.2, 0) is 19.4 Å². The molecule has 1 fully saturated rings. The van der Waals surface area contributed by atoms with Gasteiger partial charge in [-0.05, 0) is 12.5 Å². The van der Waals surface area contributed by atoms with E-state index in [-0.39, 0.29) is 18.9 Å². The number of hydrogen-bond acceptors (Lipinski definition) is 5. The Balaban J connectivity index is 2.48. The SMILES string of the molecule is CCOC(=O)[C@@]1(CN)[C@@H](c2ccccc2)[C@@H]1S(=O)(=O)CC. The van der Waals surface area contributed by atoms with Crippen molar-refractivity contribution in [2.24, 2.45) is 11.1 Å². The summed E-state index contributed by atoms with van der Waals surface area (Å²) < 4.78 is 29.8. The monoisotopic (exact) mass is 311 g/mol. The minimum Gasteiger partial charge on any atom is -0.465 e. The molecule has 1 aromatic carbocycles. The van der Waals surface area contributed by atoms with E-state index < -0.39 is 32.4 Å². The van der Waals surface area contributed by atoms with Gasteiger partial charge in [-0.3, -0.25) is 4.79 Å². The smallest absolute Gasteiger partial charge is 0.315 e.